The van der Waals surface area contributed by atoms with Crippen LogP contribution < -0.4 is 10.1 Å². The van der Waals surface area contributed by atoms with Crippen LogP contribution in [0.2, 0.25) is 0 Å². The first-order valence-electron chi connectivity index (χ1n) is 12.1. The second-order valence-electron chi connectivity index (χ2n) is 8.67. The number of carbonyl (C=O) groups excluding carboxylic acids is 1. The monoisotopic (exact) mass is 455 g/mol. The average Bonchev–Trinajstić information content (AvgIpc) is 3.23. The Hall–Kier alpha value is -3.60. The van der Waals surface area contributed by atoms with Crippen molar-refractivity contribution in [1.82, 2.24) is 14.9 Å². The zero-order valence-electron chi connectivity index (χ0n) is 20.3. The summed E-state index contributed by atoms with van der Waals surface area (Å²) in [5, 5.41) is 3.14. The first-order valence-corrected chi connectivity index (χ1v) is 12.1. The van der Waals surface area contributed by atoms with Crippen molar-refractivity contribution in [2.24, 2.45) is 0 Å². The van der Waals surface area contributed by atoms with E-state index in [1.165, 1.54) is 5.56 Å². The second kappa shape index (κ2) is 11.0. The number of para-hydroxylation sites is 2. The number of aryl methyl sites for hydroxylation is 3. The van der Waals surface area contributed by atoms with Crippen molar-refractivity contribution in [1.29, 1.82) is 0 Å². The van der Waals surface area contributed by atoms with Gasteiger partial charge in [0.1, 0.15) is 11.6 Å². The molecule has 4 aromatic rings. The Morgan fingerprint density at radius 1 is 1.00 bits per heavy atom. The molecule has 0 aliphatic rings. The predicted molar refractivity (Wildman–Crippen MR) is 137 cm³/mol. The molecule has 1 unspecified atom stereocenters. The molecule has 0 saturated carbocycles. The van der Waals surface area contributed by atoms with E-state index in [0.29, 0.717) is 12.2 Å². The molecule has 0 bridgehead atoms. The number of benzene rings is 3. The number of unbranched alkanes of at least 4 members (excludes halogenated alkanes) is 1. The van der Waals surface area contributed by atoms with Crippen LogP contribution in [0.3, 0.4) is 0 Å². The van der Waals surface area contributed by atoms with Gasteiger partial charge in [-0.25, -0.2) is 4.98 Å². The maximum atomic E-state index is 12.9. The largest absolute Gasteiger partial charge is 0.494 e. The van der Waals surface area contributed by atoms with Crippen molar-refractivity contribution in [3.8, 4) is 5.75 Å². The number of fused-ring (bicyclic) bond motifs is 1. The lowest BCUT2D eigenvalue weighted by atomic mass is 10.1. The zero-order chi connectivity index (χ0) is 23.9. The molecule has 1 heterocycles. The van der Waals surface area contributed by atoms with Gasteiger partial charge < -0.3 is 14.6 Å². The number of carbonyl (C=O) groups is 1. The van der Waals surface area contributed by atoms with Crippen molar-refractivity contribution in [3.63, 3.8) is 0 Å². The van der Waals surface area contributed by atoms with Crippen molar-refractivity contribution in [2.45, 2.75) is 52.6 Å². The topological polar surface area (TPSA) is 56.1 Å². The van der Waals surface area contributed by atoms with E-state index in [9.17, 15) is 4.79 Å². The molecule has 4 rings (SSSR count). The van der Waals surface area contributed by atoms with E-state index in [2.05, 4.69) is 35.0 Å². The first-order chi connectivity index (χ1) is 16.6. The number of hydrogen-bond donors (Lipinski definition) is 1. The standard InChI is InChI=1S/C29H33N3O2/c1-4-23-15-17-24(18-16-23)34-20-10-9-19-32-27-14-8-7-13-26(27)31-28(32)22(3)30-29(33)25-12-6-5-11-21(25)2/h5-8,11-18,22H,4,9-10,19-20H2,1-3H3,(H,30,33). The lowest BCUT2D eigenvalue weighted by Crippen LogP contribution is -2.29. The molecule has 1 amide bonds. The van der Waals surface area contributed by atoms with Crippen LogP contribution in [-0.2, 0) is 13.0 Å². The number of rotatable bonds is 10. The van der Waals surface area contributed by atoms with Crippen molar-refractivity contribution in [2.75, 3.05) is 6.61 Å². The van der Waals surface area contributed by atoms with E-state index in [1.54, 1.807) is 0 Å². The Bertz CT molecular complexity index is 1240. The summed E-state index contributed by atoms with van der Waals surface area (Å²) in [6, 6.07) is 23.9. The average molecular weight is 456 g/mol. The number of nitrogens with zero attached hydrogens (tertiary/aromatic N) is 2. The van der Waals surface area contributed by atoms with E-state index in [4.69, 9.17) is 9.72 Å². The number of ether oxygens (including phenoxy) is 1. The molecule has 0 aliphatic carbocycles. The summed E-state index contributed by atoms with van der Waals surface area (Å²) in [5.41, 5.74) is 5.01. The van der Waals surface area contributed by atoms with E-state index in [1.807, 2.05) is 68.4 Å². The van der Waals surface area contributed by atoms with Crippen LogP contribution in [0, 0.1) is 6.92 Å². The summed E-state index contributed by atoms with van der Waals surface area (Å²) in [4.78, 5) is 17.7. The quantitative estimate of drug-likeness (QED) is 0.287. The SMILES string of the molecule is CCc1ccc(OCCCCn2c(C(C)NC(=O)c3ccccc3C)nc3ccccc32)cc1. The van der Waals surface area contributed by atoms with Gasteiger partial charge in [0.15, 0.2) is 0 Å². The zero-order valence-corrected chi connectivity index (χ0v) is 20.3. The maximum Gasteiger partial charge on any atom is 0.252 e. The number of nitrogens with one attached hydrogen (secondary N) is 1. The Kier molecular flexibility index (Phi) is 7.63. The van der Waals surface area contributed by atoms with Crippen molar-refractivity contribution < 1.29 is 9.53 Å². The molecular formula is C29H33N3O2. The van der Waals surface area contributed by atoms with Crippen molar-refractivity contribution >= 4 is 16.9 Å². The molecular weight excluding hydrogens is 422 g/mol. The normalized spacial score (nSPS) is 12.0. The third kappa shape index (κ3) is 5.48. The molecule has 176 valence electrons. The van der Waals surface area contributed by atoms with Gasteiger partial charge in [-0.15, -0.1) is 0 Å². The van der Waals surface area contributed by atoms with Gasteiger partial charge in [0, 0.05) is 12.1 Å². The molecule has 5 nitrogen and oxygen atoms in total. The fourth-order valence-electron chi connectivity index (χ4n) is 4.21. The van der Waals surface area contributed by atoms with Gasteiger partial charge in [0.05, 0.1) is 23.7 Å². The lowest BCUT2D eigenvalue weighted by molar-refractivity contribution is 0.0937. The van der Waals surface area contributed by atoms with Gasteiger partial charge in [-0.2, -0.15) is 0 Å². The molecule has 0 saturated heterocycles. The Morgan fingerprint density at radius 2 is 1.74 bits per heavy atom. The maximum absolute atomic E-state index is 12.9. The summed E-state index contributed by atoms with van der Waals surface area (Å²) in [6.45, 7) is 7.59. The molecule has 0 fully saturated rings. The molecule has 3 aromatic carbocycles. The van der Waals surface area contributed by atoms with Crippen LogP contribution in [0.4, 0.5) is 0 Å². The lowest BCUT2D eigenvalue weighted by Gasteiger charge is -2.17. The molecule has 34 heavy (non-hydrogen) atoms. The van der Waals surface area contributed by atoms with Crippen LogP contribution in [0.15, 0.2) is 72.8 Å². The minimum absolute atomic E-state index is 0.0771. The predicted octanol–water partition coefficient (Wildman–Crippen LogP) is 6.26. The van der Waals surface area contributed by atoms with Crippen LogP contribution in [0.25, 0.3) is 11.0 Å². The molecule has 0 radical (unpaired) electrons. The number of amides is 1. The first kappa shape index (κ1) is 23.6. The minimum atomic E-state index is -0.215. The molecule has 1 N–H and O–H groups in total. The van der Waals surface area contributed by atoms with Crippen LogP contribution in [0.5, 0.6) is 5.75 Å². The number of aromatic nitrogens is 2. The summed E-state index contributed by atoms with van der Waals surface area (Å²) in [6.07, 6.45) is 2.93. The van der Waals surface area contributed by atoms with E-state index >= 15 is 0 Å². The summed E-state index contributed by atoms with van der Waals surface area (Å²) < 4.78 is 8.15. The van der Waals surface area contributed by atoms with Crippen LogP contribution >= 0.6 is 0 Å². The van der Waals surface area contributed by atoms with E-state index in [-0.39, 0.29) is 11.9 Å². The van der Waals surface area contributed by atoms with Crippen molar-refractivity contribution in [3.05, 3.63) is 95.3 Å². The summed E-state index contributed by atoms with van der Waals surface area (Å²) in [7, 11) is 0. The second-order valence-corrected chi connectivity index (χ2v) is 8.67. The number of imidazole rings is 1. The Balaban J connectivity index is 1.41. The van der Waals surface area contributed by atoms with Gasteiger partial charge in [-0.05, 0) is 74.6 Å². The molecule has 5 heteroatoms. The van der Waals surface area contributed by atoms with E-state index in [0.717, 1.165) is 54.0 Å². The van der Waals surface area contributed by atoms with Crippen LogP contribution in [0.1, 0.15) is 60.0 Å². The van der Waals surface area contributed by atoms with Gasteiger partial charge in [0.2, 0.25) is 0 Å². The number of hydrogen-bond acceptors (Lipinski definition) is 3. The highest BCUT2D eigenvalue weighted by molar-refractivity contribution is 5.95. The van der Waals surface area contributed by atoms with Gasteiger partial charge in [-0.1, -0.05) is 49.4 Å². The smallest absolute Gasteiger partial charge is 0.252 e. The van der Waals surface area contributed by atoms with Gasteiger partial charge in [-0.3, -0.25) is 4.79 Å². The highest BCUT2D eigenvalue weighted by Gasteiger charge is 2.19. The Labute approximate surface area is 201 Å². The van der Waals surface area contributed by atoms with Gasteiger partial charge >= 0.3 is 0 Å². The Morgan fingerprint density at radius 3 is 2.50 bits per heavy atom. The third-order valence-corrected chi connectivity index (χ3v) is 6.19. The fourth-order valence-corrected chi connectivity index (χ4v) is 4.21. The highest BCUT2D eigenvalue weighted by Crippen LogP contribution is 2.22. The van der Waals surface area contributed by atoms with Crippen LogP contribution in [-0.4, -0.2) is 22.1 Å². The van der Waals surface area contributed by atoms with E-state index < -0.39 is 0 Å². The van der Waals surface area contributed by atoms with Gasteiger partial charge in [0.25, 0.3) is 5.91 Å². The molecule has 1 aromatic heterocycles. The fraction of sp³-hybridized carbons (Fsp3) is 0.310. The molecule has 1 atom stereocenters. The highest BCUT2D eigenvalue weighted by atomic mass is 16.5. The summed E-state index contributed by atoms with van der Waals surface area (Å²) in [5.74, 6) is 1.71. The third-order valence-electron chi connectivity index (χ3n) is 6.19. The summed E-state index contributed by atoms with van der Waals surface area (Å²) >= 11 is 0. The minimum Gasteiger partial charge on any atom is -0.494 e. The molecule has 0 aliphatic heterocycles. The molecule has 0 spiro atoms.